The summed E-state index contributed by atoms with van der Waals surface area (Å²) >= 11 is 0. The summed E-state index contributed by atoms with van der Waals surface area (Å²) in [6.07, 6.45) is 6.33. The van der Waals surface area contributed by atoms with Crippen molar-refractivity contribution in [3.05, 3.63) is 75.6 Å². The van der Waals surface area contributed by atoms with Gasteiger partial charge in [0.15, 0.2) is 0 Å². The zero-order chi connectivity index (χ0) is 23.9. The van der Waals surface area contributed by atoms with Gasteiger partial charge in [-0.15, -0.1) is 0 Å². The number of benzene rings is 2. The van der Waals surface area contributed by atoms with Crippen LogP contribution in [0.25, 0.3) is 10.9 Å². The second-order valence-electron chi connectivity index (χ2n) is 9.19. The topological polar surface area (TPSA) is 74.4 Å². The maximum atomic E-state index is 13.3. The standard InChI is InChI=1S/C28H35N3O3/c1-3-34-25-13-14-26-22(18-25)17-23(27(32)30-26)19-31(16-15-21-10-8-7-9-20(21)2)28(33)29-24-11-5-4-6-12-24/h7-10,13-14,17-18,24H,3-6,11-12,15-16,19H2,1-2H3,(H,29,33)(H,30,32). The zero-order valence-electron chi connectivity index (χ0n) is 20.2. The first-order valence-corrected chi connectivity index (χ1v) is 12.4. The minimum absolute atomic E-state index is 0.0944. The smallest absolute Gasteiger partial charge is 0.317 e. The van der Waals surface area contributed by atoms with Gasteiger partial charge in [0.05, 0.1) is 13.2 Å². The molecule has 0 spiro atoms. The number of rotatable bonds is 8. The molecule has 1 aromatic heterocycles. The molecule has 0 aliphatic heterocycles. The first-order chi connectivity index (χ1) is 16.5. The average Bonchev–Trinajstić information content (AvgIpc) is 2.84. The highest BCUT2D eigenvalue weighted by Crippen LogP contribution is 2.21. The molecule has 4 rings (SSSR count). The molecule has 0 atom stereocenters. The predicted octanol–water partition coefficient (Wildman–Crippen LogP) is 5.32. The maximum absolute atomic E-state index is 13.3. The molecule has 1 aliphatic rings. The third kappa shape index (κ3) is 5.99. The van der Waals surface area contributed by atoms with E-state index < -0.39 is 0 Å². The SMILES string of the molecule is CCOc1ccc2[nH]c(=O)c(CN(CCc3ccccc3C)C(=O)NC3CCCCC3)cc2c1. The van der Waals surface area contributed by atoms with Crippen LogP contribution in [0.5, 0.6) is 5.75 Å². The minimum atomic E-state index is -0.164. The van der Waals surface area contributed by atoms with E-state index >= 15 is 0 Å². The van der Waals surface area contributed by atoms with Gasteiger partial charge in [0.1, 0.15) is 5.75 Å². The number of carbonyl (C=O) groups is 1. The third-order valence-corrected chi connectivity index (χ3v) is 6.70. The summed E-state index contributed by atoms with van der Waals surface area (Å²) in [5.74, 6) is 0.763. The summed E-state index contributed by atoms with van der Waals surface area (Å²) in [5, 5.41) is 4.12. The number of pyridine rings is 1. The van der Waals surface area contributed by atoms with Crippen molar-refractivity contribution in [2.24, 2.45) is 0 Å². The zero-order valence-corrected chi connectivity index (χ0v) is 20.2. The number of ether oxygens (including phenoxy) is 1. The fraction of sp³-hybridized carbons (Fsp3) is 0.429. The molecule has 6 nitrogen and oxygen atoms in total. The van der Waals surface area contributed by atoms with Crippen LogP contribution in [0.4, 0.5) is 4.79 Å². The maximum Gasteiger partial charge on any atom is 0.317 e. The van der Waals surface area contributed by atoms with Gasteiger partial charge in [-0.3, -0.25) is 4.79 Å². The molecular weight excluding hydrogens is 426 g/mol. The molecule has 180 valence electrons. The Morgan fingerprint density at radius 2 is 1.88 bits per heavy atom. The predicted molar refractivity (Wildman–Crippen MR) is 136 cm³/mol. The highest BCUT2D eigenvalue weighted by Gasteiger charge is 2.21. The largest absolute Gasteiger partial charge is 0.494 e. The first-order valence-electron chi connectivity index (χ1n) is 12.4. The number of carbonyl (C=O) groups excluding carboxylic acids is 1. The number of hydrogen-bond donors (Lipinski definition) is 2. The molecule has 0 saturated heterocycles. The van der Waals surface area contributed by atoms with Crippen LogP contribution in [0.15, 0.2) is 53.3 Å². The van der Waals surface area contributed by atoms with Crippen molar-refractivity contribution in [3.8, 4) is 5.75 Å². The Kier molecular flexibility index (Phi) is 7.88. The van der Waals surface area contributed by atoms with E-state index in [2.05, 4.69) is 29.4 Å². The fourth-order valence-corrected chi connectivity index (χ4v) is 4.72. The van der Waals surface area contributed by atoms with Crippen LogP contribution in [0.1, 0.15) is 55.7 Å². The normalized spacial score (nSPS) is 14.2. The van der Waals surface area contributed by atoms with Gasteiger partial charge in [0.25, 0.3) is 5.56 Å². The second-order valence-corrected chi connectivity index (χ2v) is 9.19. The number of aryl methyl sites for hydroxylation is 1. The van der Waals surface area contributed by atoms with E-state index in [1.165, 1.54) is 17.5 Å². The van der Waals surface area contributed by atoms with Crippen LogP contribution in [0, 0.1) is 6.92 Å². The molecule has 0 radical (unpaired) electrons. The minimum Gasteiger partial charge on any atom is -0.494 e. The number of nitrogens with one attached hydrogen (secondary N) is 2. The molecule has 1 fully saturated rings. The number of urea groups is 1. The van der Waals surface area contributed by atoms with Crippen molar-refractivity contribution in [1.82, 2.24) is 15.2 Å². The summed E-state index contributed by atoms with van der Waals surface area (Å²) in [4.78, 5) is 30.9. The van der Waals surface area contributed by atoms with E-state index in [0.717, 1.165) is 48.8 Å². The molecule has 2 N–H and O–H groups in total. The average molecular weight is 462 g/mol. The van der Waals surface area contributed by atoms with Crippen molar-refractivity contribution in [1.29, 1.82) is 0 Å². The van der Waals surface area contributed by atoms with Gasteiger partial charge in [-0.05, 0) is 68.5 Å². The quantitative estimate of drug-likeness (QED) is 0.477. The molecule has 0 bridgehead atoms. The number of nitrogens with zero attached hydrogens (tertiary/aromatic N) is 1. The Balaban J connectivity index is 1.57. The molecule has 1 saturated carbocycles. The van der Waals surface area contributed by atoms with Crippen molar-refractivity contribution in [2.75, 3.05) is 13.2 Å². The van der Waals surface area contributed by atoms with E-state index in [-0.39, 0.29) is 24.2 Å². The Labute approximate surface area is 201 Å². The summed E-state index contributed by atoms with van der Waals surface area (Å²) in [6, 6.07) is 15.9. The van der Waals surface area contributed by atoms with Crippen molar-refractivity contribution in [2.45, 2.75) is 65.0 Å². The summed E-state index contributed by atoms with van der Waals surface area (Å²) in [6.45, 7) is 5.41. The van der Waals surface area contributed by atoms with Gasteiger partial charge < -0.3 is 19.9 Å². The number of fused-ring (bicyclic) bond motifs is 1. The lowest BCUT2D eigenvalue weighted by molar-refractivity contribution is 0.187. The van der Waals surface area contributed by atoms with E-state index in [9.17, 15) is 9.59 Å². The summed E-state index contributed by atoms with van der Waals surface area (Å²) in [7, 11) is 0. The molecular formula is C28H35N3O3. The van der Waals surface area contributed by atoms with E-state index in [1.807, 2.05) is 43.3 Å². The van der Waals surface area contributed by atoms with Gasteiger partial charge in [-0.2, -0.15) is 0 Å². The number of amides is 2. The lowest BCUT2D eigenvalue weighted by Crippen LogP contribution is -2.46. The molecule has 2 aromatic carbocycles. The van der Waals surface area contributed by atoms with E-state index in [1.54, 1.807) is 4.90 Å². The van der Waals surface area contributed by atoms with Gasteiger partial charge in [-0.25, -0.2) is 4.79 Å². The third-order valence-electron chi connectivity index (χ3n) is 6.70. The van der Waals surface area contributed by atoms with Gasteiger partial charge >= 0.3 is 6.03 Å². The first kappa shape index (κ1) is 23.9. The van der Waals surface area contributed by atoms with Crippen LogP contribution in [0.2, 0.25) is 0 Å². The fourth-order valence-electron chi connectivity index (χ4n) is 4.72. The van der Waals surface area contributed by atoms with Crippen molar-refractivity contribution in [3.63, 3.8) is 0 Å². The molecule has 6 heteroatoms. The van der Waals surface area contributed by atoms with Crippen LogP contribution in [-0.4, -0.2) is 35.1 Å². The van der Waals surface area contributed by atoms with Crippen LogP contribution in [0.3, 0.4) is 0 Å². The van der Waals surface area contributed by atoms with Crippen LogP contribution >= 0.6 is 0 Å². The van der Waals surface area contributed by atoms with Crippen molar-refractivity contribution < 1.29 is 9.53 Å². The molecule has 34 heavy (non-hydrogen) atoms. The van der Waals surface area contributed by atoms with Gasteiger partial charge in [0.2, 0.25) is 0 Å². The molecule has 3 aromatic rings. The molecule has 1 aliphatic carbocycles. The summed E-state index contributed by atoms with van der Waals surface area (Å²) in [5.41, 5.74) is 3.59. The van der Waals surface area contributed by atoms with Crippen molar-refractivity contribution >= 4 is 16.9 Å². The Morgan fingerprint density at radius 3 is 2.65 bits per heavy atom. The summed E-state index contributed by atoms with van der Waals surface area (Å²) < 4.78 is 5.62. The highest BCUT2D eigenvalue weighted by molar-refractivity contribution is 5.81. The monoisotopic (exact) mass is 461 g/mol. The molecule has 1 heterocycles. The van der Waals surface area contributed by atoms with E-state index in [0.29, 0.717) is 18.7 Å². The number of H-pyrrole nitrogens is 1. The second kappa shape index (κ2) is 11.2. The Morgan fingerprint density at radius 1 is 1.09 bits per heavy atom. The number of aromatic nitrogens is 1. The lowest BCUT2D eigenvalue weighted by Gasteiger charge is -2.28. The van der Waals surface area contributed by atoms with E-state index in [4.69, 9.17) is 4.74 Å². The van der Waals surface area contributed by atoms with Crippen LogP contribution < -0.4 is 15.6 Å². The number of aromatic amines is 1. The van der Waals surface area contributed by atoms with Gasteiger partial charge in [-0.1, -0.05) is 43.5 Å². The van der Waals surface area contributed by atoms with Gasteiger partial charge in [0, 0.05) is 29.1 Å². The Hall–Kier alpha value is -3.28. The number of hydrogen-bond acceptors (Lipinski definition) is 3. The lowest BCUT2D eigenvalue weighted by atomic mass is 9.96. The molecule has 0 unspecified atom stereocenters. The van der Waals surface area contributed by atoms with Crippen LogP contribution in [-0.2, 0) is 13.0 Å². The molecule has 2 amide bonds. The highest BCUT2D eigenvalue weighted by atomic mass is 16.5. The Bertz CT molecular complexity index is 1180.